The molecule has 0 aliphatic heterocycles. The Morgan fingerprint density at radius 3 is 2.56 bits per heavy atom. The van der Waals surface area contributed by atoms with Crippen molar-refractivity contribution in [2.75, 3.05) is 5.32 Å². The molecule has 0 radical (unpaired) electrons. The van der Waals surface area contributed by atoms with E-state index in [-0.39, 0.29) is 10.8 Å². The van der Waals surface area contributed by atoms with Gasteiger partial charge in [-0.2, -0.15) is 0 Å². The smallest absolute Gasteiger partial charge is 0.147 e. The molecule has 0 aliphatic carbocycles. The zero-order valence-corrected chi connectivity index (χ0v) is 11.5. The summed E-state index contributed by atoms with van der Waals surface area (Å²) < 4.78 is 27.1. The van der Waals surface area contributed by atoms with Gasteiger partial charge in [0, 0.05) is 11.0 Å². The SMILES string of the molecule is Fc1ccc(CNc2c(F)cccc2Br)cc1Cl. The van der Waals surface area contributed by atoms with Crippen LogP contribution in [0.2, 0.25) is 5.02 Å². The number of para-hydroxylation sites is 1. The largest absolute Gasteiger partial charge is 0.378 e. The molecule has 0 bridgehead atoms. The third-order valence-electron chi connectivity index (χ3n) is 2.42. The molecule has 0 amide bonds. The predicted octanol–water partition coefficient (Wildman–Crippen LogP) is 4.99. The predicted molar refractivity (Wildman–Crippen MR) is 72.8 cm³/mol. The first-order valence-electron chi connectivity index (χ1n) is 5.20. The summed E-state index contributed by atoms with van der Waals surface area (Å²) in [4.78, 5) is 0. The van der Waals surface area contributed by atoms with Crippen molar-refractivity contribution in [3.63, 3.8) is 0 Å². The van der Waals surface area contributed by atoms with E-state index >= 15 is 0 Å². The molecule has 1 N–H and O–H groups in total. The van der Waals surface area contributed by atoms with Crippen LogP contribution in [0.15, 0.2) is 40.9 Å². The van der Waals surface area contributed by atoms with E-state index in [0.29, 0.717) is 16.7 Å². The van der Waals surface area contributed by atoms with E-state index in [9.17, 15) is 8.78 Å². The van der Waals surface area contributed by atoms with Crippen LogP contribution in [-0.4, -0.2) is 0 Å². The van der Waals surface area contributed by atoms with Crippen molar-refractivity contribution in [3.05, 3.63) is 63.1 Å². The third kappa shape index (κ3) is 3.00. The number of rotatable bonds is 3. The molecule has 1 nitrogen and oxygen atoms in total. The Labute approximate surface area is 117 Å². The molecule has 0 atom stereocenters. The summed E-state index contributed by atoms with van der Waals surface area (Å²) in [5.74, 6) is -0.815. The Morgan fingerprint density at radius 1 is 1.11 bits per heavy atom. The maximum absolute atomic E-state index is 13.5. The summed E-state index contributed by atoms with van der Waals surface area (Å²) in [6, 6.07) is 9.12. The minimum absolute atomic E-state index is 0.0573. The van der Waals surface area contributed by atoms with E-state index < -0.39 is 5.82 Å². The second-order valence-electron chi connectivity index (χ2n) is 3.70. The number of nitrogens with one attached hydrogen (secondary N) is 1. The van der Waals surface area contributed by atoms with E-state index in [4.69, 9.17) is 11.6 Å². The minimum Gasteiger partial charge on any atom is -0.378 e. The molecule has 2 aromatic carbocycles. The van der Waals surface area contributed by atoms with Crippen LogP contribution in [0.3, 0.4) is 0 Å². The van der Waals surface area contributed by atoms with Gasteiger partial charge in [0.15, 0.2) is 0 Å². The maximum atomic E-state index is 13.5. The summed E-state index contributed by atoms with van der Waals surface area (Å²) in [7, 11) is 0. The molecule has 18 heavy (non-hydrogen) atoms. The van der Waals surface area contributed by atoms with E-state index in [1.54, 1.807) is 18.2 Å². The van der Waals surface area contributed by atoms with Gasteiger partial charge in [0.05, 0.1) is 10.7 Å². The molecule has 0 saturated heterocycles. The van der Waals surface area contributed by atoms with E-state index in [1.807, 2.05) is 0 Å². The molecule has 5 heteroatoms. The van der Waals surface area contributed by atoms with Gasteiger partial charge in [0.1, 0.15) is 11.6 Å². The Balaban J connectivity index is 2.14. The average Bonchev–Trinajstić information content (AvgIpc) is 2.33. The first kappa shape index (κ1) is 13.3. The van der Waals surface area contributed by atoms with Gasteiger partial charge in [0.25, 0.3) is 0 Å². The molecule has 0 heterocycles. The summed E-state index contributed by atoms with van der Waals surface area (Å²) in [5, 5.41) is 3.00. The average molecular weight is 333 g/mol. The second kappa shape index (κ2) is 5.67. The maximum Gasteiger partial charge on any atom is 0.147 e. The number of halogens is 4. The molecule has 0 unspecified atom stereocenters. The topological polar surface area (TPSA) is 12.0 Å². The number of anilines is 1. The zero-order chi connectivity index (χ0) is 13.1. The lowest BCUT2D eigenvalue weighted by Gasteiger charge is -2.10. The molecular formula is C13H9BrClF2N. The lowest BCUT2D eigenvalue weighted by Crippen LogP contribution is -2.02. The van der Waals surface area contributed by atoms with Gasteiger partial charge in [0.2, 0.25) is 0 Å². The molecule has 0 saturated carbocycles. The fraction of sp³-hybridized carbons (Fsp3) is 0.0769. The van der Waals surface area contributed by atoms with Crippen LogP contribution >= 0.6 is 27.5 Å². The van der Waals surface area contributed by atoms with Crippen LogP contribution in [0, 0.1) is 11.6 Å². The molecule has 0 fully saturated rings. The number of hydrogen-bond acceptors (Lipinski definition) is 1. The summed E-state index contributed by atoms with van der Waals surface area (Å²) in [5.41, 5.74) is 1.15. The zero-order valence-electron chi connectivity index (χ0n) is 9.18. The van der Waals surface area contributed by atoms with E-state index in [2.05, 4.69) is 21.2 Å². The Kier molecular flexibility index (Phi) is 4.19. The molecule has 0 aromatic heterocycles. The van der Waals surface area contributed by atoms with Crippen LogP contribution in [0.25, 0.3) is 0 Å². The first-order chi connectivity index (χ1) is 8.58. The molecule has 94 valence electrons. The van der Waals surface area contributed by atoms with E-state index in [1.165, 1.54) is 18.2 Å². The molecule has 2 aromatic rings. The summed E-state index contributed by atoms with van der Waals surface area (Å²) in [6.45, 7) is 0.361. The fourth-order valence-corrected chi connectivity index (χ4v) is 2.19. The van der Waals surface area contributed by atoms with Crippen LogP contribution in [0.1, 0.15) is 5.56 Å². The van der Waals surface area contributed by atoms with Crippen LogP contribution in [-0.2, 0) is 6.54 Å². The molecular weight excluding hydrogens is 324 g/mol. The normalized spacial score (nSPS) is 10.4. The van der Waals surface area contributed by atoms with Gasteiger partial charge in [-0.3, -0.25) is 0 Å². The van der Waals surface area contributed by atoms with Crippen LogP contribution in [0.5, 0.6) is 0 Å². The van der Waals surface area contributed by atoms with Crippen molar-refractivity contribution in [2.24, 2.45) is 0 Å². The van der Waals surface area contributed by atoms with Gasteiger partial charge in [-0.15, -0.1) is 0 Å². The van der Waals surface area contributed by atoms with E-state index in [0.717, 1.165) is 5.56 Å². The van der Waals surface area contributed by atoms with Gasteiger partial charge >= 0.3 is 0 Å². The lowest BCUT2D eigenvalue weighted by atomic mass is 10.2. The van der Waals surface area contributed by atoms with Crippen molar-refractivity contribution in [3.8, 4) is 0 Å². The first-order valence-corrected chi connectivity index (χ1v) is 6.37. The summed E-state index contributed by atoms with van der Waals surface area (Å²) in [6.07, 6.45) is 0. The Morgan fingerprint density at radius 2 is 1.89 bits per heavy atom. The second-order valence-corrected chi connectivity index (χ2v) is 4.96. The number of benzene rings is 2. The minimum atomic E-state index is -0.465. The van der Waals surface area contributed by atoms with Crippen molar-refractivity contribution in [2.45, 2.75) is 6.54 Å². The Bertz CT molecular complexity index is 555. The molecule has 2 rings (SSSR count). The van der Waals surface area contributed by atoms with Gasteiger partial charge in [-0.25, -0.2) is 8.78 Å². The highest BCUT2D eigenvalue weighted by molar-refractivity contribution is 9.10. The van der Waals surface area contributed by atoms with Gasteiger partial charge < -0.3 is 5.32 Å². The monoisotopic (exact) mass is 331 g/mol. The van der Waals surface area contributed by atoms with Crippen molar-refractivity contribution in [1.29, 1.82) is 0 Å². The highest BCUT2D eigenvalue weighted by atomic mass is 79.9. The fourth-order valence-electron chi connectivity index (χ4n) is 1.51. The quantitative estimate of drug-likeness (QED) is 0.834. The van der Waals surface area contributed by atoms with Gasteiger partial charge in [-0.05, 0) is 45.8 Å². The highest BCUT2D eigenvalue weighted by Crippen LogP contribution is 2.26. The number of hydrogen-bond donors (Lipinski definition) is 1. The van der Waals surface area contributed by atoms with Crippen LogP contribution in [0.4, 0.5) is 14.5 Å². The summed E-state index contributed by atoms with van der Waals surface area (Å²) >= 11 is 8.93. The highest BCUT2D eigenvalue weighted by Gasteiger charge is 2.06. The lowest BCUT2D eigenvalue weighted by molar-refractivity contribution is 0.626. The van der Waals surface area contributed by atoms with Crippen molar-refractivity contribution >= 4 is 33.2 Å². The standard InChI is InChI=1S/C13H9BrClF2N/c14-9-2-1-3-12(17)13(9)18-7-8-4-5-11(16)10(15)6-8/h1-6,18H,7H2. The van der Waals surface area contributed by atoms with Crippen LogP contribution < -0.4 is 5.32 Å². The van der Waals surface area contributed by atoms with Crippen molar-refractivity contribution < 1.29 is 8.78 Å². The molecule has 0 spiro atoms. The molecule has 0 aliphatic rings. The van der Waals surface area contributed by atoms with Gasteiger partial charge in [-0.1, -0.05) is 23.7 Å². The third-order valence-corrected chi connectivity index (χ3v) is 3.37. The Hall–Kier alpha value is -1.13. The van der Waals surface area contributed by atoms with Crippen molar-refractivity contribution in [1.82, 2.24) is 0 Å².